The van der Waals surface area contributed by atoms with Crippen LogP contribution in [-0.2, 0) is 20.9 Å². The zero-order chi connectivity index (χ0) is 29.3. The molecule has 14 heteroatoms. The zero-order valence-corrected chi connectivity index (χ0v) is 21.2. The predicted molar refractivity (Wildman–Crippen MR) is 125 cm³/mol. The number of hydrogen-bond donors (Lipinski definition) is 2. The number of likely N-dealkylation sites (tertiary alicyclic amines) is 2. The van der Waals surface area contributed by atoms with Gasteiger partial charge in [0.2, 0.25) is 0 Å². The van der Waals surface area contributed by atoms with Gasteiger partial charge in [-0.3, -0.25) is 4.90 Å². The van der Waals surface area contributed by atoms with Gasteiger partial charge in [0.05, 0.1) is 6.61 Å². The third-order valence-electron chi connectivity index (χ3n) is 7.15. The van der Waals surface area contributed by atoms with Crippen molar-refractivity contribution >= 4 is 11.9 Å². The number of halogens is 7. The molecule has 3 saturated heterocycles. The Hall–Kier alpha value is -2.45. The molecule has 0 radical (unpaired) electrons. The Labute approximate surface area is 221 Å². The molecule has 0 bridgehead atoms. The molecular formula is C25H33F7N2O5. The fourth-order valence-electron chi connectivity index (χ4n) is 4.88. The molecule has 39 heavy (non-hydrogen) atoms. The molecule has 0 aliphatic carbocycles. The highest BCUT2D eigenvalue weighted by atomic mass is 19.4. The van der Waals surface area contributed by atoms with Crippen LogP contribution in [0.5, 0.6) is 0 Å². The molecule has 4 rings (SSSR count). The van der Waals surface area contributed by atoms with Crippen LogP contribution in [0.2, 0.25) is 0 Å². The van der Waals surface area contributed by atoms with Crippen molar-refractivity contribution in [2.24, 2.45) is 11.3 Å². The van der Waals surface area contributed by atoms with Crippen LogP contribution in [0.4, 0.5) is 30.7 Å². The number of piperidine rings is 2. The quantitative estimate of drug-likeness (QED) is 0.499. The monoisotopic (exact) mass is 574 g/mol. The van der Waals surface area contributed by atoms with Crippen molar-refractivity contribution in [1.82, 2.24) is 9.80 Å². The molecule has 1 spiro atoms. The van der Waals surface area contributed by atoms with Crippen LogP contribution in [0.15, 0.2) is 24.3 Å². The van der Waals surface area contributed by atoms with Gasteiger partial charge in [0, 0.05) is 19.7 Å². The summed E-state index contributed by atoms with van der Waals surface area (Å²) >= 11 is 0. The molecule has 3 heterocycles. The van der Waals surface area contributed by atoms with Crippen LogP contribution in [0.25, 0.3) is 0 Å². The number of ether oxygens (including phenoxy) is 1. The molecule has 1 unspecified atom stereocenters. The van der Waals surface area contributed by atoms with Gasteiger partial charge in [-0.05, 0) is 87.3 Å². The standard InChI is InChI=1S/C21H31FN2O.2C2HF3O2/c22-20-3-1-2-18(14-20)15-23-9-5-21(6-10-23)7-11-24(12-8-21)16-19-4-13-25-17-19;2*3-2(4,5)1(6)7/h1-3,14,19H,4-13,15-17H2;2*(H,6,7). The molecule has 3 aliphatic heterocycles. The Morgan fingerprint density at radius 2 is 1.38 bits per heavy atom. The van der Waals surface area contributed by atoms with E-state index in [0.717, 1.165) is 44.3 Å². The Morgan fingerprint density at radius 1 is 0.897 bits per heavy atom. The summed E-state index contributed by atoms with van der Waals surface area (Å²) in [6, 6.07) is 7.07. The lowest BCUT2D eigenvalue weighted by Crippen LogP contribution is -2.47. The highest BCUT2D eigenvalue weighted by Gasteiger charge is 2.39. The van der Waals surface area contributed by atoms with E-state index < -0.39 is 24.3 Å². The van der Waals surface area contributed by atoms with Crippen LogP contribution in [0.3, 0.4) is 0 Å². The van der Waals surface area contributed by atoms with Gasteiger partial charge in [0.1, 0.15) is 5.82 Å². The van der Waals surface area contributed by atoms with Crippen LogP contribution >= 0.6 is 0 Å². The summed E-state index contributed by atoms with van der Waals surface area (Å²) in [4.78, 5) is 23.0. The van der Waals surface area contributed by atoms with Crippen LogP contribution in [0, 0.1) is 17.2 Å². The lowest BCUT2D eigenvalue weighted by atomic mass is 9.71. The van der Waals surface area contributed by atoms with Crippen molar-refractivity contribution in [1.29, 1.82) is 0 Å². The third kappa shape index (κ3) is 11.7. The second-order valence-corrected chi connectivity index (χ2v) is 10.0. The molecule has 3 fully saturated rings. The normalized spacial score (nSPS) is 21.9. The zero-order valence-electron chi connectivity index (χ0n) is 21.2. The molecule has 0 amide bonds. The number of carboxylic acids is 2. The molecule has 0 saturated carbocycles. The maximum Gasteiger partial charge on any atom is 0.490 e. The Bertz CT molecular complexity index is 894. The number of aliphatic carboxylic acids is 2. The minimum atomic E-state index is -5.08. The lowest BCUT2D eigenvalue weighted by Gasteiger charge is -2.47. The summed E-state index contributed by atoms with van der Waals surface area (Å²) in [6.07, 6.45) is -3.59. The predicted octanol–water partition coefficient (Wildman–Crippen LogP) is 4.81. The van der Waals surface area contributed by atoms with Crippen molar-refractivity contribution in [3.05, 3.63) is 35.6 Å². The Morgan fingerprint density at radius 3 is 1.79 bits per heavy atom. The lowest BCUT2D eigenvalue weighted by molar-refractivity contribution is -0.193. The van der Waals surface area contributed by atoms with E-state index in [9.17, 15) is 30.7 Å². The third-order valence-corrected chi connectivity index (χ3v) is 7.15. The van der Waals surface area contributed by atoms with Crippen LogP contribution in [-0.4, -0.2) is 90.2 Å². The number of rotatable bonds is 4. The first-order valence-electron chi connectivity index (χ1n) is 12.5. The molecular weight excluding hydrogens is 541 g/mol. The number of hydrogen-bond acceptors (Lipinski definition) is 5. The molecule has 1 aromatic carbocycles. The first kappa shape index (κ1) is 32.8. The number of carboxylic acid groups (broad SMARTS) is 2. The highest BCUT2D eigenvalue weighted by Crippen LogP contribution is 2.41. The van der Waals surface area contributed by atoms with E-state index in [-0.39, 0.29) is 5.82 Å². The average Bonchev–Trinajstić information content (AvgIpc) is 3.35. The average molecular weight is 575 g/mol. The first-order chi connectivity index (χ1) is 18.1. The summed E-state index contributed by atoms with van der Waals surface area (Å²) in [5.74, 6) is -4.87. The van der Waals surface area contributed by atoms with E-state index in [0.29, 0.717) is 5.41 Å². The SMILES string of the molecule is Fc1cccc(CN2CCC3(CC2)CCN(CC2CCOC2)CC3)c1.O=C(O)C(F)(F)F.O=C(O)C(F)(F)F. The van der Waals surface area contributed by atoms with Gasteiger partial charge in [-0.15, -0.1) is 0 Å². The molecule has 1 aromatic rings. The van der Waals surface area contributed by atoms with Gasteiger partial charge in [0.25, 0.3) is 0 Å². The van der Waals surface area contributed by atoms with E-state index >= 15 is 0 Å². The maximum atomic E-state index is 13.4. The van der Waals surface area contributed by atoms with Gasteiger partial charge in [-0.2, -0.15) is 26.3 Å². The van der Waals surface area contributed by atoms with E-state index in [1.807, 2.05) is 12.1 Å². The van der Waals surface area contributed by atoms with Gasteiger partial charge < -0.3 is 19.8 Å². The fraction of sp³-hybridized carbons (Fsp3) is 0.680. The summed E-state index contributed by atoms with van der Waals surface area (Å²) in [5.41, 5.74) is 1.67. The molecule has 1 atom stereocenters. The van der Waals surface area contributed by atoms with Gasteiger partial charge in [0.15, 0.2) is 0 Å². The summed E-state index contributed by atoms with van der Waals surface area (Å²) < 4.78 is 82.4. The van der Waals surface area contributed by atoms with Crippen molar-refractivity contribution in [2.45, 2.75) is 51.0 Å². The Balaban J connectivity index is 0.000000317. The van der Waals surface area contributed by atoms with Gasteiger partial charge >= 0.3 is 24.3 Å². The number of alkyl halides is 6. The largest absolute Gasteiger partial charge is 0.490 e. The van der Waals surface area contributed by atoms with E-state index in [1.54, 1.807) is 6.07 Å². The highest BCUT2D eigenvalue weighted by molar-refractivity contribution is 5.73. The smallest absolute Gasteiger partial charge is 0.475 e. The maximum absolute atomic E-state index is 13.4. The summed E-state index contributed by atoms with van der Waals surface area (Å²) in [5, 5.41) is 14.2. The summed E-state index contributed by atoms with van der Waals surface area (Å²) in [7, 11) is 0. The summed E-state index contributed by atoms with van der Waals surface area (Å²) in [6.45, 7) is 8.91. The van der Waals surface area contributed by atoms with Crippen LogP contribution < -0.4 is 0 Å². The molecule has 0 aromatic heterocycles. The van der Waals surface area contributed by atoms with Crippen molar-refractivity contribution < 1.29 is 55.3 Å². The van der Waals surface area contributed by atoms with Crippen molar-refractivity contribution in [3.63, 3.8) is 0 Å². The van der Waals surface area contributed by atoms with E-state index in [4.69, 9.17) is 24.5 Å². The number of benzene rings is 1. The molecule has 3 aliphatic rings. The second kappa shape index (κ2) is 14.3. The number of nitrogens with zero attached hydrogens (tertiary/aromatic N) is 2. The molecule has 2 N–H and O–H groups in total. The molecule has 7 nitrogen and oxygen atoms in total. The van der Waals surface area contributed by atoms with Gasteiger partial charge in [-0.1, -0.05) is 12.1 Å². The van der Waals surface area contributed by atoms with Crippen molar-refractivity contribution in [3.8, 4) is 0 Å². The topological polar surface area (TPSA) is 90.3 Å². The first-order valence-corrected chi connectivity index (χ1v) is 12.5. The van der Waals surface area contributed by atoms with Crippen LogP contribution in [0.1, 0.15) is 37.7 Å². The minimum absolute atomic E-state index is 0.119. The number of carbonyl (C=O) groups is 2. The second-order valence-electron chi connectivity index (χ2n) is 10.0. The van der Waals surface area contributed by atoms with Crippen molar-refractivity contribution in [2.75, 3.05) is 45.9 Å². The fourth-order valence-corrected chi connectivity index (χ4v) is 4.88. The van der Waals surface area contributed by atoms with E-state index in [1.165, 1.54) is 57.8 Å². The van der Waals surface area contributed by atoms with Gasteiger partial charge in [-0.25, -0.2) is 14.0 Å². The van der Waals surface area contributed by atoms with E-state index in [2.05, 4.69) is 9.80 Å². The molecule has 222 valence electrons. The minimum Gasteiger partial charge on any atom is -0.475 e. The Kier molecular flexibility index (Phi) is 12.0.